The number of hydrogen-bond acceptors (Lipinski definition) is 6. The number of carbonyl (C=O) groups excluding carboxylic acids is 3. The quantitative estimate of drug-likeness (QED) is 0.428. The third kappa shape index (κ3) is 5.39. The highest BCUT2D eigenvalue weighted by Crippen LogP contribution is 2.43. The number of β-lactam (4-membered cyclic amide) rings is 1. The number of carbonyl (C=O) groups is 3. The molecule has 0 unspecified atom stereocenters. The van der Waals surface area contributed by atoms with Gasteiger partial charge >= 0.3 is 5.97 Å². The lowest BCUT2D eigenvalue weighted by Crippen LogP contribution is -2.70. The zero-order valence-electron chi connectivity index (χ0n) is 19.3. The Kier molecular flexibility index (Phi) is 7.83. The average Bonchev–Trinajstić information content (AvgIpc) is 2.89. The second-order valence-corrected chi connectivity index (χ2v) is 9.52. The third-order valence-corrected chi connectivity index (χ3v) is 7.48. The van der Waals surface area contributed by atoms with Crippen LogP contribution in [-0.4, -0.2) is 47.0 Å². The number of ether oxygens (including phenoxy) is 2. The van der Waals surface area contributed by atoms with E-state index in [9.17, 15) is 14.4 Å². The first-order valence-corrected chi connectivity index (χ1v) is 12.5. The fourth-order valence-corrected chi connectivity index (χ4v) is 5.51. The van der Waals surface area contributed by atoms with Gasteiger partial charge in [0, 0.05) is 16.4 Å². The van der Waals surface area contributed by atoms with E-state index in [0.29, 0.717) is 22.1 Å². The van der Waals surface area contributed by atoms with E-state index in [1.54, 1.807) is 44.4 Å². The molecule has 7 nitrogen and oxygen atoms in total. The molecule has 1 N–H and O–H groups in total. The predicted molar refractivity (Wildman–Crippen MR) is 135 cm³/mol. The van der Waals surface area contributed by atoms with Crippen LogP contribution in [0.5, 0.6) is 5.75 Å². The van der Waals surface area contributed by atoms with Crippen molar-refractivity contribution in [2.75, 3.05) is 12.9 Å². The SMILES string of the molecule is C/C=C(/Cl)C1=C(C(=O)OCc2ccc(OC)cc2)N2C(=O)[C@@H](NC(=O)Cc3ccccc3)[C@H]2SC1. The maximum Gasteiger partial charge on any atom is 0.355 e. The fraction of sp³-hybridized carbons (Fsp3) is 0.269. The number of hydrogen-bond donors (Lipinski definition) is 1. The normalized spacial score (nSPS) is 19.6. The molecule has 0 radical (unpaired) electrons. The number of fused-ring (bicyclic) bond motifs is 1. The van der Waals surface area contributed by atoms with Crippen molar-refractivity contribution in [1.82, 2.24) is 10.2 Å². The molecule has 2 aromatic rings. The van der Waals surface area contributed by atoms with Gasteiger partial charge in [0.2, 0.25) is 5.91 Å². The molecule has 2 aliphatic heterocycles. The molecular formula is C26H25ClN2O5S. The van der Waals surface area contributed by atoms with Crippen LogP contribution in [0, 0.1) is 0 Å². The predicted octanol–water partition coefficient (Wildman–Crippen LogP) is 3.78. The highest BCUT2D eigenvalue weighted by Gasteiger charge is 2.54. The van der Waals surface area contributed by atoms with Crippen LogP contribution >= 0.6 is 23.4 Å². The monoisotopic (exact) mass is 512 g/mol. The van der Waals surface area contributed by atoms with Gasteiger partial charge < -0.3 is 14.8 Å². The Hall–Kier alpha value is -3.23. The Bertz CT molecular complexity index is 1180. The Morgan fingerprint density at radius 2 is 1.86 bits per heavy atom. The topological polar surface area (TPSA) is 84.9 Å². The zero-order chi connectivity index (χ0) is 24.9. The molecule has 182 valence electrons. The summed E-state index contributed by atoms with van der Waals surface area (Å²) in [7, 11) is 1.58. The first kappa shape index (κ1) is 24.9. The summed E-state index contributed by atoms with van der Waals surface area (Å²) in [5.74, 6) is -0.139. The van der Waals surface area contributed by atoms with Gasteiger partial charge in [0.15, 0.2) is 0 Å². The molecule has 0 spiro atoms. The van der Waals surface area contributed by atoms with Crippen molar-refractivity contribution >= 4 is 41.1 Å². The van der Waals surface area contributed by atoms with E-state index in [1.165, 1.54) is 16.7 Å². The first-order chi connectivity index (χ1) is 16.9. The number of nitrogens with zero attached hydrogens (tertiary/aromatic N) is 1. The van der Waals surface area contributed by atoms with E-state index < -0.39 is 17.4 Å². The summed E-state index contributed by atoms with van der Waals surface area (Å²) in [6.45, 7) is 1.79. The van der Waals surface area contributed by atoms with Gasteiger partial charge in [0.25, 0.3) is 5.91 Å². The molecule has 2 atom stereocenters. The van der Waals surface area contributed by atoms with Gasteiger partial charge in [-0.15, -0.1) is 11.8 Å². The van der Waals surface area contributed by atoms with E-state index in [2.05, 4.69) is 5.32 Å². The van der Waals surface area contributed by atoms with Crippen LogP contribution in [-0.2, 0) is 32.1 Å². The fourth-order valence-electron chi connectivity index (χ4n) is 3.91. The van der Waals surface area contributed by atoms with Crippen LogP contribution in [0.4, 0.5) is 0 Å². The van der Waals surface area contributed by atoms with Crippen LogP contribution in [0.1, 0.15) is 18.1 Å². The van der Waals surface area contributed by atoms with Crippen LogP contribution in [0.15, 0.2) is 77.0 Å². The molecule has 9 heteroatoms. The Balaban J connectivity index is 1.47. The van der Waals surface area contributed by atoms with Crippen LogP contribution in [0.3, 0.4) is 0 Å². The summed E-state index contributed by atoms with van der Waals surface area (Å²) >= 11 is 7.84. The average molecular weight is 513 g/mol. The first-order valence-electron chi connectivity index (χ1n) is 11.1. The van der Waals surface area contributed by atoms with Gasteiger partial charge in [-0.05, 0) is 30.2 Å². The highest BCUT2D eigenvalue weighted by atomic mass is 35.5. The molecule has 0 aliphatic carbocycles. The third-order valence-electron chi connectivity index (χ3n) is 5.76. The second kappa shape index (κ2) is 11.0. The molecule has 4 rings (SSSR count). The number of allylic oxidation sites excluding steroid dienone is 2. The number of esters is 1. The number of halogens is 1. The molecule has 0 bridgehead atoms. The number of methoxy groups -OCH3 is 1. The molecule has 1 saturated heterocycles. The molecule has 2 amide bonds. The molecule has 2 aliphatic rings. The summed E-state index contributed by atoms with van der Waals surface area (Å²) in [4.78, 5) is 40.2. The van der Waals surface area contributed by atoms with Gasteiger partial charge in [-0.2, -0.15) is 0 Å². The van der Waals surface area contributed by atoms with E-state index in [4.69, 9.17) is 21.1 Å². The Labute approximate surface area is 213 Å². The lowest BCUT2D eigenvalue weighted by molar-refractivity contribution is -0.153. The zero-order valence-corrected chi connectivity index (χ0v) is 20.9. The number of rotatable bonds is 8. The van der Waals surface area contributed by atoms with Gasteiger partial charge in [-0.1, -0.05) is 60.1 Å². The molecule has 0 aromatic heterocycles. The van der Waals surface area contributed by atoms with Gasteiger partial charge in [-0.3, -0.25) is 14.5 Å². The molecule has 0 saturated carbocycles. The molecule has 2 heterocycles. The van der Waals surface area contributed by atoms with E-state index >= 15 is 0 Å². The van der Waals surface area contributed by atoms with Gasteiger partial charge in [0.1, 0.15) is 29.5 Å². The summed E-state index contributed by atoms with van der Waals surface area (Å²) < 4.78 is 10.7. The van der Waals surface area contributed by atoms with E-state index in [-0.39, 0.29) is 30.5 Å². The number of amides is 2. The van der Waals surface area contributed by atoms with Crippen molar-refractivity contribution < 1.29 is 23.9 Å². The number of benzene rings is 2. The van der Waals surface area contributed by atoms with Gasteiger partial charge in [-0.25, -0.2) is 4.79 Å². The summed E-state index contributed by atoms with van der Waals surface area (Å²) in [6.07, 6.45) is 1.85. The van der Waals surface area contributed by atoms with Crippen molar-refractivity contribution in [3.05, 3.63) is 88.1 Å². The lowest BCUT2D eigenvalue weighted by Gasteiger charge is -2.49. The second-order valence-electron chi connectivity index (χ2n) is 8.01. The maximum atomic E-state index is 13.1. The van der Waals surface area contributed by atoms with Crippen molar-refractivity contribution in [3.8, 4) is 5.75 Å². The highest BCUT2D eigenvalue weighted by molar-refractivity contribution is 8.00. The van der Waals surface area contributed by atoms with Crippen molar-refractivity contribution in [3.63, 3.8) is 0 Å². The summed E-state index contributed by atoms with van der Waals surface area (Å²) in [6, 6.07) is 15.7. The summed E-state index contributed by atoms with van der Waals surface area (Å²) in [5, 5.41) is 2.79. The van der Waals surface area contributed by atoms with Crippen LogP contribution in [0.2, 0.25) is 0 Å². The Morgan fingerprint density at radius 1 is 1.14 bits per heavy atom. The van der Waals surface area contributed by atoms with E-state index in [1.807, 2.05) is 30.3 Å². The molecule has 1 fully saturated rings. The molecule has 35 heavy (non-hydrogen) atoms. The van der Waals surface area contributed by atoms with Crippen LogP contribution < -0.4 is 10.1 Å². The maximum absolute atomic E-state index is 13.1. The molecule has 2 aromatic carbocycles. The minimum absolute atomic E-state index is 0.0319. The van der Waals surface area contributed by atoms with Crippen molar-refractivity contribution in [2.45, 2.75) is 31.4 Å². The van der Waals surface area contributed by atoms with Crippen molar-refractivity contribution in [2.24, 2.45) is 0 Å². The summed E-state index contributed by atoms with van der Waals surface area (Å²) in [5.41, 5.74) is 2.30. The lowest BCUT2D eigenvalue weighted by atomic mass is 10.0. The van der Waals surface area contributed by atoms with Crippen molar-refractivity contribution in [1.29, 1.82) is 0 Å². The van der Waals surface area contributed by atoms with Gasteiger partial charge in [0.05, 0.1) is 13.5 Å². The number of nitrogens with one attached hydrogen (secondary N) is 1. The largest absolute Gasteiger partial charge is 0.497 e. The van der Waals surface area contributed by atoms with Crippen LogP contribution in [0.25, 0.3) is 0 Å². The minimum Gasteiger partial charge on any atom is -0.497 e. The number of thioether (sulfide) groups is 1. The Morgan fingerprint density at radius 3 is 2.51 bits per heavy atom. The standard InChI is InChI=1S/C26H25ClN2O5S/c1-3-20(27)19-15-35-25-22(28-21(30)13-16-7-5-4-6-8-16)24(31)29(25)23(19)26(32)34-14-17-9-11-18(33-2)12-10-17/h3-12,22,25H,13-15H2,1-2H3,(H,28,30)/b20-3+/t22-,25-/m1/s1. The minimum atomic E-state index is -0.716. The molecular weight excluding hydrogens is 488 g/mol. The van der Waals surface area contributed by atoms with E-state index in [0.717, 1.165) is 11.1 Å². The smallest absolute Gasteiger partial charge is 0.355 e.